The summed E-state index contributed by atoms with van der Waals surface area (Å²) in [5, 5.41) is 11.4. The number of nitrogens with one attached hydrogen (secondary N) is 1. The molecule has 2 fully saturated rings. The van der Waals surface area contributed by atoms with Gasteiger partial charge >= 0.3 is 0 Å². The summed E-state index contributed by atoms with van der Waals surface area (Å²) < 4.78 is 0. The van der Waals surface area contributed by atoms with E-state index in [0.29, 0.717) is 11.8 Å². The van der Waals surface area contributed by atoms with E-state index in [4.69, 9.17) is 0 Å². The molecule has 1 saturated heterocycles. The molecule has 144 valence electrons. The van der Waals surface area contributed by atoms with E-state index in [9.17, 15) is 5.11 Å². The maximum Gasteiger partial charge on any atom is 0.115 e. The van der Waals surface area contributed by atoms with Gasteiger partial charge < -0.3 is 10.1 Å². The Labute approximate surface area is 166 Å². The molecule has 3 atom stereocenters. The molecule has 2 heterocycles. The number of nitrogens with zero attached hydrogens (tertiary/aromatic N) is 1. The Morgan fingerprint density at radius 3 is 2.71 bits per heavy atom. The third kappa shape index (κ3) is 2.76. The van der Waals surface area contributed by atoms with Crippen molar-refractivity contribution in [1.29, 1.82) is 0 Å². The van der Waals surface area contributed by atoms with Crippen LogP contribution in [0.5, 0.6) is 5.75 Å². The Kier molecular flexibility index (Phi) is 3.80. The van der Waals surface area contributed by atoms with Crippen molar-refractivity contribution in [3.8, 4) is 5.75 Å². The van der Waals surface area contributed by atoms with E-state index in [1.165, 1.54) is 67.4 Å². The number of aromatic hydroxyl groups is 1. The molecule has 3 aliphatic rings. The quantitative estimate of drug-likeness (QED) is 0.674. The minimum absolute atomic E-state index is 0.402. The van der Waals surface area contributed by atoms with Gasteiger partial charge in [0.2, 0.25) is 0 Å². The maximum absolute atomic E-state index is 10.0. The first kappa shape index (κ1) is 16.7. The van der Waals surface area contributed by atoms with Gasteiger partial charge in [-0.25, -0.2) is 0 Å². The highest BCUT2D eigenvalue weighted by atomic mass is 16.3. The first-order chi connectivity index (χ1) is 13.8. The van der Waals surface area contributed by atoms with Crippen molar-refractivity contribution in [2.45, 2.75) is 38.1 Å². The van der Waals surface area contributed by atoms with Crippen molar-refractivity contribution in [2.24, 2.45) is 17.8 Å². The zero-order valence-corrected chi connectivity index (χ0v) is 16.3. The van der Waals surface area contributed by atoms with Crippen LogP contribution in [0.4, 0.5) is 0 Å². The zero-order valence-electron chi connectivity index (χ0n) is 16.3. The number of rotatable bonds is 3. The number of hydrogen-bond donors (Lipinski definition) is 2. The number of fused-ring (bicyclic) bond motifs is 4. The number of aromatic amines is 1. The van der Waals surface area contributed by atoms with Gasteiger partial charge in [-0.3, -0.25) is 4.90 Å². The Morgan fingerprint density at radius 1 is 0.964 bits per heavy atom. The minimum Gasteiger partial charge on any atom is -0.508 e. The van der Waals surface area contributed by atoms with Crippen molar-refractivity contribution in [2.75, 3.05) is 13.1 Å². The average molecular weight is 373 g/mol. The Hall–Kier alpha value is -2.26. The van der Waals surface area contributed by atoms with E-state index >= 15 is 0 Å². The third-order valence-corrected chi connectivity index (χ3v) is 7.43. The summed E-state index contributed by atoms with van der Waals surface area (Å²) in [7, 11) is 0. The Morgan fingerprint density at radius 2 is 1.86 bits per heavy atom. The van der Waals surface area contributed by atoms with Crippen LogP contribution in [0.1, 0.15) is 42.1 Å². The third-order valence-electron chi connectivity index (χ3n) is 7.43. The second-order valence-electron chi connectivity index (χ2n) is 9.22. The molecule has 6 rings (SSSR count). The lowest BCUT2D eigenvalue weighted by Crippen LogP contribution is -2.45. The monoisotopic (exact) mass is 372 g/mol. The standard InChI is InChI=1S/C25H28N2O/c28-20-5-3-4-18(12-20)25(16-8-9-16)27-11-10-17-14-24-22(13-19(17)15-27)21-6-1-2-7-23(21)26-24/h1-7,12,16-17,19,25-26,28H,8-11,13-15H2. The van der Waals surface area contributed by atoms with Gasteiger partial charge in [0, 0.05) is 29.2 Å². The summed E-state index contributed by atoms with van der Waals surface area (Å²) in [5.74, 6) is 2.73. The predicted molar refractivity (Wildman–Crippen MR) is 112 cm³/mol. The van der Waals surface area contributed by atoms with Crippen LogP contribution in [0.25, 0.3) is 10.9 Å². The van der Waals surface area contributed by atoms with Crippen LogP contribution < -0.4 is 0 Å². The first-order valence-electron chi connectivity index (χ1n) is 10.9. The number of benzene rings is 2. The number of para-hydroxylation sites is 1. The normalized spacial score (nSPS) is 26.0. The van der Waals surface area contributed by atoms with Gasteiger partial charge in [0.15, 0.2) is 0 Å². The van der Waals surface area contributed by atoms with Gasteiger partial charge in [0.05, 0.1) is 0 Å². The highest BCUT2D eigenvalue weighted by Gasteiger charge is 2.42. The molecule has 2 aliphatic carbocycles. The van der Waals surface area contributed by atoms with E-state index in [-0.39, 0.29) is 0 Å². The molecule has 3 aromatic rings. The number of H-pyrrole nitrogens is 1. The molecular weight excluding hydrogens is 344 g/mol. The molecule has 0 bridgehead atoms. The van der Waals surface area contributed by atoms with E-state index in [0.717, 1.165) is 17.8 Å². The summed E-state index contributed by atoms with van der Waals surface area (Å²) in [6.07, 6.45) is 6.37. The molecule has 1 saturated carbocycles. The first-order valence-corrected chi connectivity index (χ1v) is 10.9. The number of aromatic nitrogens is 1. The molecular formula is C25H28N2O. The van der Waals surface area contributed by atoms with Crippen LogP contribution in [0, 0.1) is 17.8 Å². The molecule has 2 N–H and O–H groups in total. The smallest absolute Gasteiger partial charge is 0.115 e. The molecule has 0 amide bonds. The largest absolute Gasteiger partial charge is 0.508 e. The zero-order chi connectivity index (χ0) is 18.7. The van der Waals surface area contributed by atoms with Crippen molar-refractivity contribution < 1.29 is 5.11 Å². The molecule has 2 aromatic carbocycles. The topological polar surface area (TPSA) is 39.3 Å². The Bertz CT molecular complexity index is 1020. The second-order valence-corrected chi connectivity index (χ2v) is 9.22. The van der Waals surface area contributed by atoms with Gasteiger partial charge in [-0.15, -0.1) is 0 Å². The number of likely N-dealkylation sites (tertiary alicyclic amines) is 1. The highest BCUT2D eigenvalue weighted by molar-refractivity contribution is 5.84. The van der Waals surface area contributed by atoms with Crippen molar-refractivity contribution in [1.82, 2.24) is 9.88 Å². The predicted octanol–water partition coefficient (Wildman–Crippen LogP) is 5.06. The molecule has 3 unspecified atom stereocenters. The lowest BCUT2D eigenvalue weighted by molar-refractivity contribution is 0.0659. The lowest BCUT2D eigenvalue weighted by atomic mass is 9.73. The van der Waals surface area contributed by atoms with Gasteiger partial charge in [-0.05, 0) is 85.7 Å². The second kappa shape index (κ2) is 6.38. The van der Waals surface area contributed by atoms with E-state index in [1.54, 1.807) is 11.6 Å². The number of hydrogen-bond acceptors (Lipinski definition) is 2. The number of phenols is 1. The van der Waals surface area contributed by atoms with Crippen LogP contribution in [0.3, 0.4) is 0 Å². The molecule has 1 aliphatic heterocycles. The van der Waals surface area contributed by atoms with Crippen LogP contribution in [-0.4, -0.2) is 28.1 Å². The Balaban J connectivity index is 1.29. The summed E-state index contributed by atoms with van der Waals surface area (Å²) >= 11 is 0. The van der Waals surface area contributed by atoms with E-state index in [2.05, 4.69) is 40.2 Å². The van der Waals surface area contributed by atoms with Gasteiger partial charge in [0.25, 0.3) is 0 Å². The highest BCUT2D eigenvalue weighted by Crippen LogP contribution is 2.48. The van der Waals surface area contributed by atoms with Crippen LogP contribution in [0.2, 0.25) is 0 Å². The molecule has 1 aromatic heterocycles. The molecule has 3 nitrogen and oxygen atoms in total. The van der Waals surface area contributed by atoms with Crippen LogP contribution in [-0.2, 0) is 12.8 Å². The molecule has 0 spiro atoms. The number of piperidine rings is 1. The molecule has 0 radical (unpaired) electrons. The fraction of sp³-hybridized carbons (Fsp3) is 0.440. The van der Waals surface area contributed by atoms with Crippen LogP contribution in [0.15, 0.2) is 48.5 Å². The van der Waals surface area contributed by atoms with E-state index in [1.807, 2.05) is 12.1 Å². The van der Waals surface area contributed by atoms with Crippen molar-refractivity contribution >= 4 is 10.9 Å². The lowest BCUT2D eigenvalue weighted by Gasteiger charge is -2.44. The van der Waals surface area contributed by atoms with Gasteiger partial charge in [-0.2, -0.15) is 0 Å². The maximum atomic E-state index is 10.0. The van der Waals surface area contributed by atoms with Crippen molar-refractivity contribution in [3.05, 3.63) is 65.4 Å². The van der Waals surface area contributed by atoms with Crippen LogP contribution >= 0.6 is 0 Å². The van der Waals surface area contributed by atoms with Gasteiger partial charge in [0.1, 0.15) is 5.75 Å². The fourth-order valence-corrected chi connectivity index (χ4v) is 5.95. The number of phenolic OH excluding ortho intramolecular Hbond substituents is 1. The summed E-state index contributed by atoms with van der Waals surface area (Å²) in [4.78, 5) is 6.45. The minimum atomic E-state index is 0.402. The summed E-state index contributed by atoms with van der Waals surface area (Å²) in [6, 6.07) is 17.3. The van der Waals surface area contributed by atoms with Crippen molar-refractivity contribution in [3.63, 3.8) is 0 Å². The van der Waals surface area contributed by atoms with Gasteiger partial charge in [-0.1, -0.05) is 30.3 Å². The summed E-state index contributed by atoms with van der Waals surface area (Å²) in [5.41, 5.74) is 5.67. The fourth-order valence-electron chi connectivity index (χ4n) is 5.95. The van der Waals surface area contributed by atoms with E-state index < -0.39 is 0 Å². The molecule has 28 heavy (non-hydrogen) atoms. The summed E-state index contributed by atoms with van der Waals surface area (Å²) in [6.45, 7) is 2.38. The molecule has 3 heteroatoms. The average Bonchev–Trinajstić information content (AvgIpc) is 3.47. The SMILES string of the molecule is Oc1cccc(C(C2CC2)N2CCC3Cc4[nH]c5ccccc5c4CC3C2)c1.